The molecule has 2 aromatic rings. The minimum atomic E-state index is -0.583. The molecule has 7 heteroatoms. The number of carbonyl (C=O) groups excluding carboxylic acids is 2. The number of nitrogens with zero attached hydrogens (tertiary/aromatic N) is 2. The summed E-state index contributed by atoms with van der Waals surface area (Å²) in [6.45, 7) is 8.65. The van der Waals surface area contributed by atoms with Crippen LogP contribution in [0.4, 0.5) is 15.8 Å². The van der Waals surface area contributed by atoms with Gasteiger partial charge in [-0.15, -0.1) is 0 Å². The Morgan fingerprint density at radius 3 is 2.60 bits per heavy atom. The molecule has 1 saturated heterocycles. The molecule has 2 amide bonds. The van der Waals surface area contributed by atoms with Crippen molar-refractivity contribution in [2.45, 2.75) is 39.4 Å². The lowest BCUT2D eigenvalue weighted by Gasteiger charge is -2.18. The highest BCUT2D eigenvalue weighted by Crippen LogP contribution is 2.33. The van der Waals surface area contributed by atoms with Crippen LogP contribution in [0.1, 0.15) is 31.4 Å². The number of hydrogen-bond donors (Lipinski definition) is 1. The third kappa shape index (κ3) is 5.27. The summed E-state index contributed by atoms with van der Waals surface area (Å²) < 4.78 is 13.8. The van der Waals surface area contributed by atoms with Crippen molar-refractivity contribution in [1.82, 2.24) is 4.90 Å². The molecule has 0 aliphatic carbocycles. The molecular weight excluding hydrogens is 401 g/mol. The van der Waals surface area contributed by atoms with Gasteiger partial charge in [0.05, 0.1) is 11.4 Å². The molecule has 0 spiro atoms. The maximum absolute atomic E-state index is 13.8. The van der Waals surface area contributed by atoms with Gasteiger partial charge in [-0.05, 0) is 55.2 Å². The Bertz CT molecular complexity index is 990. The zero-order valence-corrected chi connectivity index (χ0v) is 18.4. The molecule has 0 bridgehead atoms. The summed E-state index contributed by atoms with van der Waals surface area (Å²) in [5.74, 6) is -0.789. The summed E-state index contributed by atoms with van der Waals surface area (Å²) in [5.41, 5.74) is 3.19. The Morgan fingerprint density at radius 1 is 1.20 bits per heavy atom. The zero-order chi connectivity index (χ0) is 21.8. The van der Waals surface area contributed by atoms with Crippen LogP contribution in [0, 0.1) is 25.6 Å². The lowest BCUT2D eigenvalue weighted by molar-refractivity contribution is -0.128. The SMILES string of the molecule is Cc1ccc(N=C2S[C@H](CC(=O)Nc3ccccc3F)C(=O)N2CC(C)C)cc1C. The molecule has 5 nitrogen and oxygen atoms in total. The van der Waals surface area contributed by atoms with Crippen LogP contribution in [0.3, 0.4) is 0 Å². The van der Waals surface area contributed by atoms with Crippen molar-refractivity contribution in [2.75, 3.05) is 11.9 Å². The molecule has 0 aromatic heterocycles. The number of benzene rings is 2. The summed E-state index contributed by atoms with van der Waals surface area (Å²) in [6, 6.07) is 11.9. The van der Waals surface area contributed by atoms with Crippen LogP contribution in [0.2, 0.25) is 0 Å². The van der Waals surface area contributed by atoms with Crippen molar-refractivity contribution in [2.24, 2.45) is 10.9 Å². The molecule has 2 aromatic carbocycles. The molecule has 1 N–H and O–H groups in total. The normalized spacial score (nSPS) is 17.8. The fourth-order valence-corrected chi connectivity index (χ4v) is 4.26. The van der Waals surface area contributed by atoms with Crippen molar-refractivity contribution >= 4 is 40.1 Å². The maximum Gasteiger partial charge on any atom is 0.242 e. The highest BCUT2D eigenvalue weighted by atomic mass is 32.2. The lowest BCUT2D eigenvalue weighted by Crippen LogP contribution is -2.36. The Balaban J connectivity index is 1.78. The second-order valence-electron chi connectivity index (χ2n) is 7.84. The van der Waals surface area contributed by atoms with E-state index in [0.717, 1.165) is 11.3 Å². The van der Waals surface area contributed by atoms with E-state index in [1.54, 1.807) is 17.0 Å². The van der Waals surface area contributed by atoms with Gasteiger partial charge in [-0.1, -0.05) is 43.8 Å². The van der Waals surface area contributed by atoms with E-state index < -0.39 is 17.0 Å². The highest BCUT2D eigenvalue weighted by molar-refractivity contribution is 8.15. The predicted octanol–water partition coefficient (Wildman–Crippen LogP) is 5.06. The van der Waals surface area contributed by atoms with Gasteiger partial charge in [-0.25, -0.2) is 9.38 Å². The van der Waals surface area contributed by atoms with Crippen LogP contribution in [-0.2, 0) is 9.59 Å². The first-order valence-electron chi connectivity index (χ1n) is 9.93. The number of rotatable bonds is 6. The molecule has 1 atom stereocenters. The van der Waals surface area contributed by atoms with E-state index in [0.29, 0.717) is 11.7 Å². The molecule has 0 unspecified atom stereocenters. The first kappa shape index (κ1) is 22.0. The molecule has 3 rings (SSSR count). The van der Waals surface area contributed by atoms with E-state index in [2.05, 4.69) is 5.32 Å². The first-order chi connectivity index (χ1) is 14.2. The lowest BCUT2D eigenvalue weighted by atomic mass is 10.1. The average molecular weight is 428 g/mol. The zero-order valence-electron chi connectivity index (χ0n) is 17.6. The molecule has 0 radical (unpaired) electrons. The van der Waals surface area contributed by atoms with E-state index in [-0.39, 0.29) is 23.9 Å². The third-order valence-electron chi connectivity index (χ3n) is 4.80. The highest BCUT2D eigenvalue weighted by Gasteiger charge is 2.39. The van der Waals surface area contributed by atoms with Crippen LogP contribution in [-0.4, -0.2) is 33.7 Å². The van der Waals surface area contributed by atoms with Gasteiger partial charge in [0, 0.05) is 13.0 Å². The van der Waals surface area contributed by atoms with E-state index >= 15 is 0 Å². The van der Waals surface area contributed by atoms with Crippen LogP contribution in [0.5, 0.6) is 0 Å². The molecule has 30 heavy (non-hydrogen) atoms. The van der Waals surface area contributed by atoms with Crippen LogP contribution in [0.25, 0.3) is 0 Å². The number of thioether (sulfide) groups is 1. The van der Waals surface area contributed by atoms with E-state index in [1.807, 2.05) is 45.9 Å². The summed E-state index contributed by atoms with van der Waals surface area (Å²) >= 11 is 1.29. The average Bonchev–Trinajstić information content (AvgIpc) is 2.95. The fraction of sp³-hybridized carbons (Fsp3) is 0.348. The van der Waals surface area contributed by atoms with Gasteiger partial charge >= 0.3 is 0 Å². The van der Waals surface area contributed by atoms with E-state index in [4.69, 9.17) is 4.99 Å². The number of amides is 2. The fourth-order valence-electron chi connectivity index (χ4n) is 3.10. The summed E-state index contributed by atoms with van der Waals surface area (Å²) in [7, 11) is 0. The minimum absolute atomic E-state index is 0.0433. The van der Waals surface area contributed by atoms with Crippen molar-refractivity contribution in [3.05, 3.63) is 59.4 Å². The number of aliphatic imine (C=N–C) groups is 1. The molecule has 0 saturated carbocycles. The smallest absolute Gasteiger partial charge is 0.242 e. The number of anilines is 1. The standard InChI is InChI=1S/C23H26FN3O2S/c1-14(2)13-27-22(29)20(12-21(28)26-19-8-6-5-7-18(19)24)30-23(27)25-17-10-9-15(3)16(4)11-17/h5-11,14,20H,12-13H2,1-4H3,(H,26,28)/t20-/m1/s1. The monoisotopic (exact) mass is 427 g/mol. The quantitative estimate of drug-likeness (QED) is 0.701. The summed E-state index contributed by atoms with van der Waals surface area (Å²) in [5, 5.41) is 2.57. The van der Waals surface area contributed by atoms with Gasteiger partial charge in [-0.3, -0.25) is 14.5 Å². The van der Waals surface area contributed by atoms with Crippen molar-refractivity contribution in [1.29, 1.82) is 0 Å². The molecule has 1 heterocycles. The third-order valence-corrected chi connectivity index (χ3v) is 5.98. The number of hydrogen-bond acceptors (Lipinski definition) is 4. The Morgan fingerprint density at radius 2 is 1.93 bits per heavy atom. The number of carbonyl (C=O) groups is 2. The van der Waals surface area contributed by atoms with Crippen LogP contribution >= 0.6 is 11.8 Å². The Kier molecular flexibility index (Phi) is 6.92. The van der Waals surface area contributed by atoms with Crippen LogP contribution < -0.4 is 5.32 Å². The second-order valence-corrected chi connectivity index (χ2v) is 9.01. The van der Waals surface area contributed by atoms with Gasteiger partial charge in [0.15, 0.2) is 5.17 Å². The number of halogens is 1. The van der Waals surface area contributed by atoms with E-state index in [1.165, 1.54) is 29.5 Å². The molecular formula is C23H26FN3O2S. The number of amidine groups is 1. The van der Waals surface area contributed by atoms with Gasteiger partial charge in [-0.2, -0.15) is 0 Å². The van der Waals surface area contributed by atoms with Crippen LogP contribution in [0.15, 0.2) is 47.5 Å². The number of para-hydroxylation sites is 1. The van der Waals surface area contributed by atoms with Gasteiger partial charge < -0.3 is 5.32 Å². The topological polar surface area (TPSA) is 61.8 Å². The first-order valence-corrected chi connectivity index (χ1v) is 10.8. The molecule has 1 aliphatic rings. The van der Waals surface area contributed by atoms with Gasteiger partial charge in [0.2, 0.25) is 11.8 Å². The van der Waals surface area contributed by atoms with Crippen molar-refractivity contribution < 1.29 is 14.0 Å². The van der Waals surface area contributed by atoms with Gasteiger partial charge in [0.25, 0.3) is 0 Å². The second kappa shape index (κ2) is 9.43. The Hall–Kier alpha value is -2.67. The number of nitrogens with one attached hydrogen (secondary N) is 1. The number of aryl methyl sites for hydroxylation is 2. The van der Waals surface area contributed by atoms with E-state index in [9.17, 15) is 14.0 Å². The molecule has 1 aliphatic heterocycles. The maximum atomic E-state index is 13.8. The van der Waals surface area contributed by atoms with Gasteiger partial charge in [0.1, 0.15) is 11.1 Å². The predicted molar refractivity (Wildman–Crippen MR) is 121 cm³/mol. The molecule has 1 fully saturated rings. The molecule has 158 valence electrons. The van der Waals surface area contributed by atoms with Crippen molar-refractivity contribution in [3.8, 4) is 0 Å². The van der Waals surface area contributed by atoms with Crippen molar-refractivity contribution in [3.63, 3.8) is 0 Å². The summed E-state index contributed by atoms with van der Waals surface area (Å²) in [4.78, 5) is 31.8. The summed E-state index contributed by atoms with van der Waals surface area (Å²) in [6.07, 6.45) is -0.0433. The minimum Gasteiger partial charge on any atom is -0.324 e. The largest absolute Gasteiger partial charge is 0.324 e. The Labute approximate surface area is 180 Å².